The number of aryl methyl sites for hydroxylation is 1. The molecule has 1 aliphatic heterocycles. The molecule has 0 saturated carbocycles. The Morgan fingerprint density at radius 1 is 1.42 bits per heavy atom. The normalized spacial score (nSPS) is 21.6. The molecule has 1 fully saturated rings. The van der Waals surface area contributed by atoms with Gasteiger partial charge in [-0.3, -0.25) is 0 Å². The van der Waals surface area contributed by atoms with Crippen molar-refractivity contribution >= 4 is 26.0 Å². The third-order valence-electron chi connectivity index (χ3n) is 3.42. The third kappa shape index (κ3) is 2.99. The van der Waals surface area contributed by atoms with Gasteiger partial charge in [0.15, 0.2) is 4.60 Å². The SMILES string of the molecule is CN(C1CCCNCC1)S(=O)(=O)c1c(Br)nnn1C. The summed E-state index contributed by atoms with van der Waals surface area (Å²) < 4.78 is 28.2. The van der Waals surface area contributed by atoms with Crippen molar-refractivity contribution in [2.45, 2.75) is 30.3 Å². The minimum Gasteiger partial charge on any atom is -0.317 e. The summed E-state index contributed by atoms with van der Waals surface area (Å²) in [5.74, 6) is 0. The largest absolute Gasteiger partial charge is 0.317 e. The van der Waals surface area contributed by atoms with E-state index in [-0.39, 0.29) is 15.7 Å². The first-order valence-electron chi connectivity index (χ1n) is 6.18. The van der Waals surface area contributed by atoms with Gasteiger partial charge in [0.2, 0.25) is 5.03 Å². The smallest absolute Gasteiger partial charge is 0.263 e. The lowest BCUT2D eigenvalue weighted by molar-refractivity contribution is 0.338. The fraction of sp³-hybridized carbons (Fsp3) is 0.800. The summed E-state index contributed by atoms with van der Waals surface area (Å²) in [5.41, 5.74) is 0. The first kappa shape index (κ1) is 14.9. The summed E-state index contributed by atoms with van der Waals surface area (Å²) in [7, 11) is -0.370. The lowest BCUT2D eigenvalue weighted by atomic mass is 10.1. The van der Waals surface area contributed by atoms with E-state index in [0.717, 1.165) is 32.4 Å². The topological polar surface area (TPSA) is 80.1 Å². The van der Waals surface area contributed by atoms with Gasteiger partial charge >= 0.3 is 0 Å². The van der Waals surface area contributed by atoms with Crippen LogP contribution in [0.2, 0.25) is 0 Å². The van der Waals surface area contributed by atoms with Crippen LogP contribution in [0.3, 0.4) is 0 Å². The van der Waals surface area contributed by atoms with Gasteiger partial charge in [-0.15, -0.1) is 5.10 Å². The predicted octanol–water partition coefficient (Wildman–Crippen LogP) is 0.340. The van der Waals surface area contributed by atoms with Crippen molar-refractivity contribution in [2.75, 3.05) is 20.1 Å². The van der Waals surface area contributed by atoms with E-state index >= 15 is 0 Å². The van der Waals surface area contributed by atoms with Crippen LogP contribution in [-0.4, -0.2) is 53.9 Å². The molecule has 1 saturated heterocycles. The second kappa shape index (κ2) is 5.86. The Morgan fingerprint density at radius 2 is 2.16 bits per heavy atom. The number of nitrogens with zero attached hydrogens (tertiary/aromatic N) is 4. The first-order valence-corrected chi connectivity index (χ1v) is 8.42. The molecule has 1 N–H and O–H groups in total. The van der Waals surface area contributed by atoms with Crippen LogP contribution >= 0.6 is 15.9 Å². The van der Waals surface area contributed by atoms with Gasteiger partial charge < -0.3 is 5.32 Å². The number of halogens is 1. The summed E-state index contributed by atoms with van der Waals surface area (Å²) in [5, 5.41) is 10.9. The van der Waals surface area contributed by atoms with E-state index in [0.29, 0.717) is 0 Å². The highest BCUT2D eigenvalue weighted by molar-refractivity contribution is 9.10. The Hall–Kier alpha value is -0.510. The van der Waals surface area contributed by atoms with E-state index in [2.05, 4.69) is 31.6 Å². The van der Waals surface area contributed by atoms with Gasteiger partial charge in [-0.2, -0.15) is 4.31 Å². The highest BCUT2D eigenvalue weighted by Gasteiger charge is 2.33. The number of aromatic nitrogens is 3. The molecule has 1 aliphatic rings. The molecule has 1 aromatic heterocycles. The van der Waals surface area contributed by atoms with Crippen LogP contribution in [0.5, 0.6) is 0 Å². The molecule has 2 rings (SSSR count). The standard InChI is InChI=1S/C10H18BrN5O2S/c1-15-10(9(11)13-14-15)19(17,18)16(2)8-4-3-6-12-7-5-8/h8,12H,3-7H2,1-2H3. The molecule has 0 radical (unpaired) electrons. The van der Waals surface area contributed by atoms with Gasteiger partial charge in [-0.05, 0) is 48.3 Å². The van der Waals surface area contributed by atoms with Crippen molar-refractivity contribution in [1.82, 2.24) is 24.6 Å². The zero-order valence-corrected chi connectivity index (χ0v) is 13.4. The molecular weight excluding hydrogens is 334 g/mol. The monoisotopic (exact) mass is 351 g/mol. The lowest BCUT2D eigenvalue weighted by Gasteiger charge is -2.25. The molecule has 0 bridgehead atoms. The lowest BCUT2D eigenvalue weighted by Crippen LogP contribution is -2.38. The number of hydrogen-bond donors (Lipinski definition) is 1. The molecule has 9 heteroatoms. The van der Waals surface area contributed by atoms with E-state index in [1.807, 2.05) is 0 Å². The second-order valence-electron chi connectivity index (χ2n) is 4.66. The highest BCUT2D eigenvalue weighted by Crippen LogP contribution is 2.25. The van der Waals surface area contributed by atoms with E-state index in [1.165, 1.54) is 8.99 Å². The Bertz CT molecular complexity index is 517. The number of nitrogens with one attached hydrogen (secondary N) is 1. The fourth-order valence-corrected chi connectivity index (χ4v) is 4.74. The van der Waals surface area contributed by atoms with Crippen molar-refractivity contribution in [3.63, 3.8) is 0 Å². The van der Waals surface area contributed by atoms with Crippen LogP contribution < -0.4 is 5.32 Å². The van der Waals surface area contributed by atoms with Gasteiger partial charge in [0.1, 0.15) is 0 Å². The fourth-order valence-electron chi connectivity index (χ4n) is 2.29. The Kier molecular flexibility index (Phi) is 4.59. The Labute approximate surface area is 121 Å². The minimum atomic E-state index is -3.58. The van der Waals surface area contributed by atoms with E-state index in [4.69, 9.17) is 0 Å². The molecule has 1 unspecified atom stereocenters. The maximum absolute atomic E-state index is 12.6. The summed E-state index contributed by atoms with van der Waals surface area (Å²) in [6, 6.07) is 0.0156. The molecule has 2 heterocycles. The summed E-state index contributed by atoms with van der Waals surface area (Å²) >= 11 is 3.15. The zero-order valence-electron chi connectivity index (χ0n) is 11.0. The van der Waals surface area contributed by atoms with Crippen molar-refractivity contribution in [3.05, 3.63) is 4.60 Å². The van der Waals surface area contributed by atoms with E-state index in [9.17, 15) is 8.42 Å². The average molecular weight is 352 g/mol. The van der Waals surface area contributed by atoms with Crippen LogP contribution in [0.25, 0.3) is 0 Å². The second-order valence-corrected chi connectivity index (χ2v) is 7.33. The first-order chi connectivity index (χ1) is 8.94. The number of sulfonamides is 1. The predicted molar refractivity (Wildman–Crippen MR) is 74.2 cm³/mol. The van der Waals surface area contributed by atoms with Gasteiger partial charge in [0.05, 0.1) is 0 Å². The molecule has 0 amide bonds. The summed E-state index contributed by atoms with van der Waals surface area (Å²) in [6.07, 6.45) is 2.67. The number of rotatable bonds is 3. The van der Waals surface area contributed by atoms with E-state index in [1.54, 1.807) is 14.1 Å². The van der Waals surface area contributed by atoms with Gasteiger partial charge in [-0.25, -0.2) is 13.1 Å². The molecule has 0 aromatic carbocycles. The van der Waals surface area contributed by atoms with Crippen LogP contribution in [0.15, 0.2) is 9.63 Å². The highest BCUT2D eigenvalue weighted by atomic mass is 79.9. The van der Waals surface area contributed by atoms with Gasteiger partial charge in [-0.1, -0.05) is 5.21 Å². The molecule has 108 valence electrons. The molecular formula is C10H18BrN5O2S. The maximum Gasteiger partial charge on any atom is 0.263 e. The van der Waals surface area contributed by atoms with Crippen LogP contribution in [0.4, 0.5) is 0 Å². The van der Waals surface area contributed by atoms with Crippen molar-refractivity contribution in [2.24, 2.45) is 7.05 Å². The van der Waals surface area contributed by atoms with E-state index < -0.39 is 10.0 Å². The third-order valence-corrected chi connectivity index (χ3v) is 6.22. The van der Waals surface area contributed by atoms with Crippen LogP contribution in [-0.2, 0) is 17.1 Å². The average Bonchev–Trinajstić information content (AvgIpc) is 2.59. The molecule has 0 spiro atoms. The molecule has 0 aliphatic carbocycles. The summed E-state index contributed by atoms with van der Waals surface area (Å²) in [6.45, 7) is 1.79. The van der Waals surface area contributed by atoms with Gasteiger partial charge in [0.25, 0.3) is 10.0 Å². The van der Waals surface area contributed by atoms with Gasteiger partial charge in [0, 0.05) is 20.1 Å². The molecule has 19 heavy (non-hydrogen) atoms. The Morgan fingerprint density at radius 3 is 2.79 bits per heavy atom. The molecule has 1 atom stereocenters. The molecule has 1 aromatic rings. The minimum absolute atomic E-state index is 0.0156. The van der Waals surface area contributed by atoms with Crippen molar-refractivity contribution < 1.29 is 8.42 Å². The molecule has 7 nitrogen and oxygen atoms in total. The van der Waals surface area contributed by atoms with Crippen LogP contribution in [0.1, 0.15) is 19.3 Å². The maximum atomic E-state index is 12.6. The van der Waals surface area contributed by atoms with Crippen molar-refractivity contribution in [3.8, 4) is 0 Å². The number of hydrogen-bond acceptors (Lipinski definition) is 5. The quantitative estimate of drug-likeness (QED) is 0.849. The zero-order chi connectivity index (χ0) is 14.0. The van der Waals surface area contributed by atoms with Crippen LogP contribution in [0, 0.1) is 0 Å². The summed E-state index contributed by atoms with van der Waals surface area (Å²) in [4.78, 5) is 0. The van der Waals surface area contributed by atoms with Crippen molar-refractivity contribution in [1.29, 1.82) is 0 Å². The Balaban J connectivity index is 2.28.